The van der Waals surface area contributed by atoms with Crippen LogP contribution in [0.2, 0.25) is 0 Å². The van der Waals surface area contributed by atoms with Crippen LogP contribution >= 0.6 is 15.9 Å². The number of hydrogen-bond donors (Lipinski definition) is 3. The molecule has 0 atom stereocenters. The zero-order valence-corrected chi connectivity index (χ0v) is 12.7. The summed E-state index contributed by atoms with van der Waals surface area (Å²) in [5.74, 6) is -1.46. The van der Waals surface area contributed by atoms with Crippen molar-refractivity contribution < 1.29 is 14.7 Å². The van der Waals surface area contributed by atoms with Crippen molar-refractivity contribution in [2.45, 2.75) is 12.8 Å². The van der Waals surface area contributed by atoms with Crippen LogP contribution < -0.4 is 10.6 Å². The van der Waals surface area contributed by atoms with Crippen molar-refractivity contribution in [3.63, 3.8) is 0 Å². The molecule has 110 valence electrons. The SMILES string of the molecule is N#C/C(=C/Nc1cccc(Br)c1)C(=O)NCCCC(=O)O. The van der Waals surface area contributed by atoms with Crippen LogP contribution in [0, 0.1) is 11.3 Å². The zero-order valence-electron chi connectivity index (χ0n) is 11.1. The van der Waals surface area contributed by atoms with Crippen molar-refractivity contribution in [1.29, 1.82) is 5.26 Å². The lowest BCUT2D eigenvalue weighted by Gasteiger charge is -2.04. The first-order valence-corrected chi connectivity index (χ1v) is 6.94. The molecule has 1 aromatic rings. The Bertz CT molecular complexity index is 593. The third-order valence-corrected chi connectivity index (χ3v) is 2.92. The van der Waals surface area contributed by atoms with Gasteiger partial charge in [0.05, 0.1) is 0 Å². The van der Waals surface area contributed by atoms with Gasteiger partial charge in [-0.1, -0.05) is 22.0 Å². The number of nitrogens with zero attached hydrogens (tertiary/aromatic N) is 1. The fraction of sp³-hybridized carbons (Fsp3) is 0.214. The lowest BCUT2D eigenvalue weighted by atomic mass is 10.2. The van der Waals surface area contributed by atoms with Crippen LogP contribution in [0.25, 0.3) is 0 Å². The molecular weight excluding hydrogens is 338 g/mol. The summed E-state index contributed by atoms with van der Waals surface area (Å²) in [6.07, 6.45) is 1.61. The number of carboxylic acid groups (broad SMARTS) is 1. The number of benzene rings is 1. The van der Waals surface area contributed by atoms with E-state index in [4.69, 9.17) is 10.4 Å². The van der Waals surface area contributed by atoms with Gasteiger partial charge in [-0.15, -0.1) is 0 Å². The number of anilines is 1. The van der Waals surface area contributed by atoms with Crippen molar-refractivity contribution >= 4 is 33.5 Å². The van der Waals surface area contributed by atoms with Gasteiger partial charge in [0, 0.05) is 29.3 Å². The van der Waals surface area contributed by atoms with Crippen LogP contribution in [-0.2, 0) is 9.59 Å². The number of halogens is 1. The molecule has 6 nitrogen and oxygen atoms in total. The molecule has 0 unspecified atom stereocenters. The Labute approximate surface area is 130 Å². The minimum absolute atomic E-state index is 0.0256. The van der Waals surface area contributed by atoms with E-state index < -0.39 is 11.9 Å². The highest BCUT2D eigenvalue weighted by Gasteiger charge is 2.08. The van der Waals surface area contributed by atoms with Crippen LogP contribution in [0.5, 0.6) is 0 Å². The number of carbonyl (C=O) groups excluding carboxylic acids is 1. The van der Waals surface area contributed by atoms with E-state index in [2.05, 4.69) is 26.6 Å². The maximum atomic E-state index is 11.7. The summed E-state index contributed by atoms with van der Waals surface area (Å²) in [4.78, 5) is 22.0. The second-order valence-corrected chi connectivity index (χ2v) is 4.99. The van der Waals surface area contributed by atoms with Crippen LogP contribution in [0.4, 0.5) is 5.69 Å². The number of carboxylic acids is 1. The van der Waals surface area contributed by atoms with E-state index in [1.54, 1.807) is 18.2 Å². The first-order chi connectivity index (χ1) is 10.0. The number of carbonyl (C=O) groups is 2. The Morgan fingerprint density at radius 1 is 1.43 bits per heavy atom. The van der Waals surface area contributed by atoms with Gasteiger partial charge in [-0.3, -0.25) is 9.59 Å². The quantitative estimate of drug-likeness (QED) is 0.397. The number of aliphatic carboxylic acids is 1. The van der Waals surface area contributed by atoms with Gasteiger partial charge in [0.1, 0.15) is 11.6 Å². The summed E-state index contributed by atoms with van der Waals surface area (Å²) in [5.41, 5.74) is 0.654. The van der Waals surface area contributed by atoms with E-state index in [-0.39, 0.29) is 18.5 Å². The zero-order chi connectivity index (χ0) is 15.7. The Morgan fingerprint density at radius 3 is 2.81 bits per heavy atom. The summed E-state index contributed by atoms with van der Waals surface area (Å²) in [7, 11) is 0. The van der Waals surface area contributed by atoms with Crippen LogP contribution in [-0.4, -0.2) is 23.5 Å². The van der Waals surface area contributed by atoms with Crippen LogP contribution in [0.15, 0.2) is 40.5 Å². The Hall–Kier alpha value is -2.33. The lowest BCUT2D eigenvalue weighted by Crippen LogP contribution is -2.26. The highest BCUT2D eigenvalue weighted by Crippen LogP contribution is 2.15. The van der Waals surface area contributed by atoms with Gasteiger partial charge in [-0.05, 0) is 24.6 Å². The highest BCUT2D eigenvalue weighted by molar-refractivity contribution is 9.10. The van der Waals surface area contributed by atoms with Crippen LogP contribution in [0.1, 0.15) is 12.8 Å². The molecule has 21 heavy (non-hydrogen) atoms. The molecule has 7 heteroatoms. The molecule has 0 heterocycles. The van der Waals surface area contributed by atoms with Gasteiger partial charge in [0.2, 0.25) is 0 Å². The van der Waals surface area contributed by atoms with Crippen molar-refractivity contribution in [2.75, 3.05) is 11.9 Å². The number of nitriles is 1. The number of hydrogen-bond acceptors (Lipinski definition) is 4. The van der Waals surface area contributed by atoms with Crippen molar-refractivity contribution in [3.8, 4) is 6.07 Å². The van der Waals surface area contributed by atoms with E-state index in [0.717, 1.165) is 10.2 Å². The molecule has 3 N–H and O–H groups in total. The summed E-state index contributed by atoms with van der Waals surface area (Å²) < 4.78 is 0.873. The third kappa shape index (κ3) is 6.58. The molecule has 0 fully saturated rings. The molecule has 0 aliphatic carbocycles. The van der Waals surface area contributed by atoms with Crippen LogP contribution in [0.3, 0.4) is 0 Å². The standard InChI is InChI=1S/C14H14BrN3O3/c15-11-3-1-4-12(7-11)18-9-10(8-16)14(21)17-6-2-5-13(19)20/h1,3-4,7,9,18H,2,5-6H2,(H,17,21)(H,19,20)/b10-9-. The topological polar surface area (TPSA) is 102 Å². The van der Waals surface area contributed by atoms with Gasteiger partial charge in [0.25, 0.3) is 5.91 Å². The second kappa shape index (κ2) is 8.76. The predicted octanol–water partition coefficient (Wildman–Crippen LogP) is 2.25. The maximum absolute atomic E-state index is 11.7. The van der Waals surface area contributed by atoms with Gasteiger partial charge in [-0.2, -0.15) is 5.26 Å². The number of nitrogens with one attached hydrogen (secondary N) is 2. The van der Waals surface area contributed by atoms with E-state index in [1.165, 1.54) is 6.20 Å². The first kappa shape index (κ1) is 16.7. The molecule has 1 aromatic carbocycles. The van der Waals surface area contributed by atoms with Gasteiger partial charge in [-0.25, -0.2) is 0 Å². The summed E-state index contributed by atoms with van der Waals surface area (Å²) in [6.45, 7) is 0.209. The Kier molecular flexibility index (Phi) is 6.98. The number of rotatable bonds is 7. The molecular formula is C14H14BrN3O3. The van der Waals surface area contributed by atoms with Gasteiger partial charge in [0.15, 0.2) is 0 Å². The van der Waals surface area contributed by atoms with E-state index in [9.17, 15) is 9.59 Å². The fourth-order valence-corrected chi connectivity index (χ4v) is 1.82. The smallest absolute Gasteiger partial charge is 0.303 e. The van der Waals surface area contributed by atoms with Gasteiger partial charge < -0.3 is 15.7 Å². The normalized spacial score (nSPS) is 10.6. The third-order valence-electron chi connectivity index (χ3n) is 2.43. The molecule has 0 saturated carbocycles. The molecule has 0 aromatic heterocycles. The molecule has 0 bridgehead atoms. The van der Waals surface area contributed by atoms with Crippen molar-refractivity contribution in [2.24, 2.45) is 0 Å². The minimum atomic E-state index is -0.920. The fourth-order valence-electron chi connectivity index (χ4n) is 1.42. The average molecular weight is 352 g/mol. The second-order valence-electron chi connectivity index (χ2n) is 4.08. The predicted molar refractivity (Wildman–Crippen MR) is 81.3 cm³/mol. The molecule has 0 aliphatic rings. The molecule has 0 saturated heterocycles. The van der Waals surface area contributed by atoms with Crippen molar-refractivity contribution in [1.82, 2.24) is 5.32 Å². The maximum Gasteiger partial charge on any atom is 0.303 e. The summed E-state index contributed by atoms with van der Waals surface area (Å²) >= 11 is 3.32. The van der Waals surface area contributed by atoms with E-state index >= 15 is 0 Å². The van der Waals surface area contributed by atoms with Gasteiger partial charge >= 0.3 is 5.97 Å². The van der Waals surface area contributed by atoms with Crippen molar-refractivity contribution in [3.05, 3.63) is 40.5 Å². The monoisotopic (exact) mass is 351 g/mol. The first-order valence-electron chi connectivity index (χ1n) is 6.15. The largest absolute Gasteiger partial charge is 0.481 e. The van der Waals surface area contributed by atoms with E-state index in [1.807, 2.05) is 12.1 Å². The molecule has 0 aliphatic heterocycles. The Balaban J connectivity index is 2.53. The molecule has 1 rings (SSSR count). The number of amides is 1. The minimum Gasteiger partial charge on any atom is -0.481 e. The molecule has 1 amide bonds. The summed E-state index contributed by atoms with van der Waals surface area (Å²) in [6, 6.07) is 9.06. The van der Waals surface area contributed by atoms with E-state index in [0.29, 0.717) is 6.42 Å². The molecule has 0 spiro atoms. The molecule has 0 radical (unpaired) electrons. The highest BCUT2D eigenvalue weighted by atomic mass is 79.9. The lowest BCUT2D eigenvalue weighted by molar-refractivity contribution is -0.137. The average Bonchev–Trinajstić information content (AvgIpc) is 2.44. The summed E-state index contributed by atoms with van der Waals surface area (Å²) in [5, 5.41) is 22.8. The Morgan fingerprint density at radius 2 is 2.19 bits per heavy atom.